The Morgan fingerprint density at radius 2 is 1.97 bits per heavy atom. The van der Waals surface area contributed by atoms with Gasteiger partial charge < -0.3 is 14.8 Å². The highest BCUT2D eigenvalue weighted by atomic mass is 32.2. The quantitative estimate of drug-likeness (QED) is 0.265. The van der Waals surface area contributed by atoms with Gasteiger partial charge >= 0.3 is 0 Å². The lowest BCUT2D eigenvalue weighted by atomic mass is 10.1. The monoisotopic (exact) mass is 511 g/mol. The van der Waals surface area contributed by atoms with Crippen molar-refractivity contribution in [3.63, 3.8) is 0 Å². The van der Waals surface area contributed by atoms with Crippen LogP contribution in [0.15, 0.2) is 23.1 Å². The van der Waals surface area contributed by atoms with Crippen molar-refractivity contribution in [1.29, 1.82) is 0 Å². The zero-order chi connectivity index (χ0) is 26.6. The minimum Gasteiger partial charge on any atom is -0.438 e. The third-order valence-corrected chi connectivity index (χ3v) is 6.72. The van der Waals surface area contributed by atoms with E-state index in [4.69, 9.17) is 9.47 Å². The number of rotatable bonds is 11. The predicted molar refractivity (Wildman–Crippen MR) is 129 cm³/mol. The molecule has 0 saturated carbocycles. The number of nitro groups is 1. The number of amides is 1. The summed E-state index contributed by atoms with van der Waals surface area (Å²) in [7, 11) is -2.65. The first-order valence-electron chi connectivity index (χ1n) is 11.1. The average molecular weight is 512 g/mol. The molecule has 2 rings (SSSR count). The van der Waals surface area contributed by atoms with Crippen molar-refractivity contribution in [3.05, 3.63) is 39.6 Å². The van der Waals surface area contributed by atoms with Crippen LogP contribution in [0.4, 0.5) is 5.69 Å². The second-order valence-electron chi connectivity index (χ2n) is 9.03. The second kappa shape index (κ2) is 11.1. The smallest absolute Gasteiger partial charge is 0.272 e. The van der Waals surface area contributed by atoms with Crippen LogP contribution < -0.4 is 14.8 Å². The highest BCUT2D eigenvalue weighted by molar-refractivity contribution is 7.89. The first-order valence-corrected chi connectivity index (χ1v) is 12.6. The molecule has 12 nitrogen and oxygen atoms in total. The van der Waals surface area contributed by atoms with E-state index < -0.39 is 38.1 Å². The minimum atomic E-state index is -4.17. The number of aromatic nitrogens is 2. The van der Waals surface area contributed by atoms with E-state index in [0.29, 0.717) is 18.6 Å². The number of nitrogens with zero attached hydrogens (tertiary/aromatic N) is 3. The number of ether oxygens (including phenoxy) is 2. The fourth-order valence-electron chi connectivity index (χ4n) is 3.04. The Balaban J connectivity index is 2.63. The maximum absolute atomic E-state index is 13.1. The summed E-state index contributed by atoms with van der Waals surface area (Å²) in [6, 6.07) is 2.92. The summed E-state index contributed by atoms with van der Waals surface area (Å²) in [5, 5.41) is 18.5. The van der Waals surface area contributed by atoms with E-state index >= 15 is 0 Å². The first kappa shape index (κ1) is 28.2. The molecule has 0 aliphatic carbocycles. The molecule has 0 radical (unpaired) electrons. The molecule has 0 unspecified atom stereocenters. The van der Waals surface area contributed by atoms with Crippen LogP contribution in [-0.2, 0) is 20.3 Å². The van der Waals surface area contributed by atoms with Gasteiger partial charge in [-0.3, -0.25) is 14.9 Å². The number of carbonyl (C=O) groups is 1. The molecule has 1 aromatic carbocycles. The number of benzene rings is 1. The van der Waals surface area contributed by atoms with Crippen LogP contribution >= 0.6 is 0 Å². The molecule has 0 saturated heterocycles. The van der Waals surface area contributed by atoms with Gasteiger partial charge in [0.1, 0.15) is 10.6 Å². The van der Waals surface area contributed by atoms with Crippen molar-refractivity contribution >= 4 is 21.6 Å². The van der Waals surface area contributed by atoms with E-state index in [9.17, 15) is 23.3 Å². The number of nitrogens with one attached hydrogen (secondary N) is 2. The maximum atomic E-state index is 13.1. The van der Waals surface area contributed by atoms with Crippen LogP contribution in [0.2, 0.25) is 0 Å². The van der Waals surface area contributed by atoms with Gasteiger partial charge in [0.15, 0.2) is 5.69 Å². The summed E-state index contributed by atoms with van der Waals surface area (Å²) in [6.07, 6.45) is 0.516. The second-order valence-corrected chi connectivity index (χ2v) is 10.7. The Bertz CT molecular complexity index is 1190. The van der Waals surface area contributed by atoms with Gasteiger partial charge in [-0.25, -0.2) is 17.8 Å². The maximum Gasteiger partial charge on any atom is 0.272 e. The van der Waals surface area contributed by atoms with Crippen LogP contribution in [0.25, 0.3) is 0 Å². The summed E-state index contributed by atoms with van der Waals surface area (Å²) in [6.45, 7) is 11.3. The number of methoxy groups -OCH3 is 1. The van der Waals surface area contributed by atoms with Gasteiger partial charge in [-0.15, -0.1) is 0 Å². The Morgan fingerprint density at radius 3 is 2.51 bits per heavy atom. The van der Waals surface area contributed by atoms with Gasteiger partial charge in [0.05, 0.1) is 17.1 Å². The van der Waals surface area contributed by atoms with Crippen molar-refractivity contribution in [1.82, 2.24) is 19.8 Å². The minimum absolute atomic E-state index is 0.107. The Hall–Kier alpha value is -3.03. The fraction of sp³-hybridized carbons (Fsp3) is 0.545. The van der Waals surface area contributed by atoms with E-state index in [2.05, 4.69) is 15.1 Å². The van der Waals surface area contributed by atoms with Gasteiger partial charge in [0, 0.05) is 37.4 Å². The van der Waals surface area contributed by atoms with E-state index in [1.165, 1.54) is 17.9 Å². The van der Waals surface area contributed by atoms with E-state index in [1.54, 1.807) is 13.8 Å². The SMILES string of the molecule is CC[C@@H](C)NS(=O)(=O)c1cc([N+](=O)[O-])ccc1Oc1c(C)c(C(=O)NCCOC)nn1C(C)(C)C. The van der Waals surface area contributed by atoms with E-state index in [1.807, 2.05) is 27.7 Å². The molecule has 0 bridgehead atoms. The summed E-state index contributed by atoms with van der Waals surface area (Å²) < 4.78 is 41.2. The van der Waals surface area contributed by atoms with E-state index in [0.717, 1.165) is 12.1 Å². The molecule has 13 heteroatoms. The van der Waals surface area contributed by atoms with Crippen molar-refractivity contribution in [2.75, 3.05) is 20.3 Å². The van der Waals surface area contributed by atoms with Crippen LogP contribution in [0.5, 0.6) is 11.6 Å². The lowest BCUT2D eigenvalue weighted by Gasteiger charge is -2.23. The van der Waals surface area contributed by atoms with Crippen LogP contribution in [0.1, 0.15) is 57.1 Å². The molecule has 0 spiro atoms. The highest BCUT2D eigenvalue weighted by Crippen LogP contribution is 2.36. The third kappa shape index (κ3) is 6.77. The van der Waals surface area contributed by atoms with Crippen LogP contribution in [-0.4, -0.2) is 55.3 Å². The number of nitro benzene ring substituents is 1. The van der Waals surface area contributed by atoms with Gasteiger partial charge in [0.2, 0.25) is 15.9 Å². The van der Waals surface area contributed by atoms with Gasteiger partial charge in [-0.05, 0) is 47.1 Å². The topological polar surface area (TPSA) is 155 Å². The first-order chi connectivity index (χ1) is 16.2. The van der Waals surface area contributed by atoms with Crippen molar-refractivity contribution in [3.8, 4) is 11.6 Å². The zero-order valence-corrected chi connectivity index (χ0v) is 21.9. The van der Waals surface area contributed by atoms with Gasteiger partial charge in [-0.2, -0.15) is 5.10 Å². The predicted octanol–water partition coefficient (Wildman–Crippen LogP) is 3.10. The molecule has 2 aromatic rings. The molecule has 1 amide bonds. The number of non-ortho nitro benzene ring substituents is 1. The number of hydrogen-bond acceptors (Lipinski definition) is 8. The van der Waals surface area contributed by atoms with Crippen molar-refractivity contribution < 1.29 is 27.6 Å². The molecule has 1 heterocycles. The Labute approximate surface area is 205 Å². The molecule has 0 aliphatic heterocycles. The van der Waals surface area contributed by atoms with E-state index in [-0.39, 0.29) is 28.8 Å². The molecular formula is C22H33N5O7S. The number of sulfonamides is 1. The lowest BCUT2D eigenvalue weighted by Crippen LogP contribution is -2.32. The summed E-state index contributed by atoms with van der Waals surface area (Å²) in [5.74, 6) is -0.433. The standard InChI is InChI=1S/C22H33N5O7S/c1-8-14(2)25-35(31,32)18-13-16(27(29)30)9-10-17(18)34-21-15(3)19(20(28)23-11-12-33-7)24-26(21)22(4,5)6/h9-10,13-14,25H,8,11-12H2,1-7H3,(H,23,28)/t14-/m1/s1. The highest BCUT2D eigenvalue weighted by Gasteiger charge is 2.30. The van der Waals surface area contributed by atoms with Gasteiger partial charge in [0.25, 0.3) is 11.6 Å². The van der Waals surface area contributed by atoms with Crippen molar-refractivity contribution in [2.45, 2.75) is 64.4 Å². The van der Waals surface area contributed by atoms with Crippen LogP contribution in [0.3, 0.4) is 0 Å². The molecule has 0 aliphatic rings. The van der Waals surface area contributed by atoms with Crippen molar-refractivity contribution in [2.24, 2.45) is 0 Å². The van der Waals surface area contributed by atoms with Crippen LogP contribution in [0, 0.1) is 17.0 Å². The lowest BCUT2D eigenvalue weighted by molar-refractivity contribution is -0.385. The molecule has 1 atom stereocenters. The van der Waals surface area contributed by atoms with Gasteiger partial charge in [-0.1, -0.05) is 6.92 Å². The summed E-state index contributed by atoms with van der Waals surface area (Å²) in [5.41, 5.74) is -0.553. The Morgan fingerprint density at radius 1 is 1.31 bits per heavy atom. The number of carbonyl (C=O) groups excluding carboxylic acids is 1. The average Bonchev–Trinajstić information content (AvgIpc) is 3.10. The zero-order valence-electron chi connectivity index (χ0n) is 21.0. The molecule has 0 fully saturated rings. The largest absolute Gasteiger partial charge is 0.438 e. The fourth-order valence-corrected chi connectivity index (χ4v) is 4.52. The molecule has 35 heavy (non-hydrogen) atoms. The summed E-state index contributed by atoms with van der Waals surface area (Å²) >= 11 is 0. The molecule has 2 N–H and O–H groups in total. The third-order valence-electron chi connectivity index (χ3n) is 5.11. The molecular weight excluding hydrogens is 478 g/mol. The summed E-state index contributed by atoms with van der Waals surface area (Å²) in [4.78, 5) is 23.0. The Kier molecular flexibility index (Phi) is 8.98. The molecule has 1 aromatic heterocycles. The number of hydrogen-bond donors (Lipinski definition) is 2. The normalized spacial score (nSPS) is 12.9. The molecule has 194 valence electrons.